The van der Waals surface area contributed by atoms with E-state index in [0.717, 1.165) is 12.8 Å². The summed E-state index contributed by atoms with van der Waals surface area (Å²) in [5, 5.41) is 11.6. The number of hydrogen-bond acceptors (Lipinski definition) is 0. The monoisotopic (exact) mass is 586 g/mol. The molecule has 9 aromatic rings. The van der Waals surface area contributed by atoms with Crippen molar-refractivity contribution in [3.8, 4) is 22.5 Å². The van der Waals surface area contributed by atoms with Crippen LogP contribution in [0.25, 0.3) is 88.9 Å². The van der Waals surface area contributed by atoms with E-state index in [9.17, 15) is 0 Å². The summed E-state index contributed by atoms with van der Waals surface area (Å²) < 4.78 is 4.89. The van der Waals surface area contributed by atoms with Gasteiger partial charge < -0.3 is 9.13 Å². The van der Waals surface area contributed by atoms with Crippen molar-refractivity contribution in [1.82, 2.24) is 9.13 Å². The van der Waals surface area contributed by atoms with E-state index in [1.807, 2.05) is 0 Å². The lowest BCUT2D eigenvalue weighted by atomic mass is 9.99. The highest BCUT2D eigenvalue weighted by Crippen LogP contribution is 2.39. The van der Waals surface area contributed by atoms with Gasteiger partial charge in [0.2, 0.25) is 0 Å². The van der Waals surface area contributed by atoms with Crippen LogP contribution in [0.15, 0.2) is 146 Å². The van der Waals surface area contributed by atoms with Gasteiger partial charge in [0, 0.05) is 37.8 Å². The number of fused-ring (bicyclic) bond motifs is 9. The topological polar surface area (TPSA) is 9.86 Å². The quantitative estimate of drug-likeness (QED) is 0.182. The van der Waals surface area contributed by atoms with Gasteiger partial charge in [-0.2, -0.15) is 0 Å². The molecule has 0 aliphatic heterocycles. The van der Waals surface area contributed by atoms with Gasteiger partial charge in [0.25, 0.3) is 0 Å². The number of para-hydroxylation sites is 2. The Morgan fingerprint density at radius 3 is 1.83 bits per heavy atom. The maximum absolute atomic E-state index is 2.47. The third-order valence-electron chi connectivity index (χ3n) is 9.90. The maximum atomic E-state index is 2.47. The van der Waals surface area contributed by atoms with Crippen LogP contribution in [-0.4, -0.2) is 9.13 Å². The summed E-state index contributed by atoms with van der Waals surface area (Å²) in [6, 6.07) is 53.5. The first-order valence-electron chi connectivity index (χ1n) is 16.2. The average molecular weight is 587 g/mol. The molecule has 0 N–H and O–H groups in total. The van der Waals surface area contributed by atoms with Crippen molar-refractivity contribution >= 4 is 66.4 Å². The van der Waals surface area contributed by atoms with E-state index in [1.165, 1.54) is 87.3 Å². The number of hydrogen-bond donors (Lipinski definition) is 0. The second kappa shape index (κ2) is 9.82. The highest BCUT2D eigenvalue weighted by atomic mass is 15.0. The van der Waals surface area contributed by atoms with Crippen LogP contribution in [0.2, 0.25) is 0 Å². The van der Waals surface area contributed by atoms with Gasteiger partial charge in [-0.15, -0.1) is 0 Å². The van der Waals surface area contributed by atoms with Crippen LogP contribution in [-0.2, 0) is 0 Å². The molecule has 0 fully saturated rings. The van der Waals surface area contributed by atoms with Crippen LogP contribution in [0.1, 0.15) is 12.8 Å². The van der Waals surface area contributed by atoms with Crippen molar-refractivity contribution in [3.05, 3.63) is 156 Å². The lowest BCUT2D eigenvalue weighted by Gasteiger charge is -2.14. The normalized spacial score (nSPS) is 13.0. The molecule has 0 amide bonds. The molecule has 0 atom stereocenters. The predicted octanol–water partition coefficient (Wildman–Crippen LogP) is 10.1. The molecule has 0 spiro atoms. The van der Waals surface area contributed by atoms with E-state index >= 15 is 0 Å². The number of rotatable bonds is 3. The summed E-state index contributed by atoms with van der Waals surface area (Å²) in [7, 11) is 0. The molecule has 7 aromatic carbocycles. The maximum Gasteiger partial charge on any atom is 0.0546 e. The fraction of sp³-hybridized carbons (Fsp3) is 0.0455. The number of nitrogens with zero attached hydrogens (tertiary/aromatic N) is 2. The molecule has 2 nitrogen and oxygen atoms in total. The summed E-state index contributed by atoms with van der Waals surface area (Å²) in [4.78, 5) is 0. The zero-order valence-corrected chi connectivity index (χ0v) is 25.3. The van der Waals surface area contributed by atoms with Gasteiger partial charge in [0.15, 0.2) is 0 Å². The fourth-order valence-electron chi connectivity index (χ4n) is 7.86. The first kappa shape index (κ1) is 25.5. The Bertz CT molecular complexity index is 2790. The molecule has 1 aliphatic carbocycles. The van der Waals surface area contributed by atoms with Gasteiger partial charge in [-0.1, -0.05) is 109 Å². The molecule has 2 heteroatoms. The van der Waals surface area contributed by atoms with Gasteiger partial charge in [0.1, 0.15) is 0 Å². The van der Waals surface area contributed by atoms with Crippen LogP contribution in [0, 0.1) is 0 Å². The van der Waals surface area contributed by atoms with E-state index in [0.29, 0.717) is 0 Å². The summed E-state index contributed by atoms with van der Waals surface area (Å²) in [6.07, 6.45) is 6.99. The SMILES string of the molecule is C1=c2c(n(-c3ccccc3)c3ccc(-c4ccc5c(c4)c4ccccc4n5-c4cc5ccccc5c5ccccc45)cc23)=CCC1. The Hall–Kier alpha value is -5.86. The minimum absolute atomic E-state index is 1.08. The molecule has 216 valence electrons. The van der Waals surface area contributed by atoms with Crippen LogP contribution in [0.3, 0.4) is 0 Å². The Morgan fingerprint density at radius 2 is 1.00 bits per heavy atom. The van der Waals surface area contributed by atoms with Gasteiger partial charge in [0.05, 0.1) is 22.2 Å². The molecule has 0 unspecified atom stereocenters. The van der Waals surface area contributed by atoms with Crippen LogP contribution < -0.4 is 10.6 Å². The van der Waals surface area contributed by atoms with Crippen molar-refractivity contribution in [2.24, 2.45) is 0 Å². The molecular formula is C44H30N2. The van der Waals surface area contributed by atoms with Crippen LogP contribution in [0.5, 0.6) is 0 Å². The van der Waals surface area contributed by atoms with Crippen molar-refractivity contribution in [2.75, 3.05) is 0 Å². The van der Waals surface area contributed by atoms with Gasteiger partial charge in [-0.25, -0.2) is 0 Å². The minimum atomic E-state index is 1.08. The lowest BCUT2D eigenvalue weighted by Crippen LogP contribution is -2.30. The molecule has 10 rings (SSSR count). The van der Waals surface area contributed by atoms with Gasteiger partial charge in [-0.05, 0) is 88.7 Å². The van der Waals surface area contributed by atoms with E-state index in [4.69, 9.17) is 0 Å². The Balaban J connectivity index is 1.21. The molecule has 0 saturated heterocycles. The highest BCUT2D eigenvalue weighted by molar-refractivity contribution is 6.15. The van der Waals surface area contributed by atoms with Crippen LogP contribution >= 0.6 is 0 Å². The summed E-state index contributed by atoms with van der Waals surface area (Å²) >= 11 is 0. The van der Waals surface area contributed by atoms with Crippen molar-refractivity contribution < 1.29 is 0 Å². The van der Waals surface area contributed by atoms with Crippen molar-refractivity contribution in [2.45, 2.75) is 12.8 Å². The Morgan fingerprint density at radius 1 is 0.391 bits per heavy atom. The van der Waals surface area contributed by atoms with E-state index < -0.39 is 0 Å². The zero-order chi connectivity index (χ0) is 30.2. The molecule has 2 heterocycles. The minimum Gasteiger partial charge on any atom is -0.310 e. The first-order chi connectivity index (χ1) is 22.8. The van der Waals surface area contributed by atoms with E-state index in [2.05, 4.69) is 167 Å². The third-order valence-corrected chi connectivity index (χ3v) is 9.90. The summed E-state index contributed by atoms with van der Waals surface area (Å²) in [6.45, 7) is 0. The molecule has 0 radical (unpaired) electrons. The fourth-order valence-corrected chi connectivity index (χ4v) is 7.86. The lowest BCUT2D eigenvalue weighted by molar-refractivity contribution is 1.02. The molecule has 0 bridgehead atoms. The third kappa shape index (κ3) is 3.64. The molecule has 2 aromatic heterocycles. The number of benzene rings is 7. The van der Waals surface area contributed by atoms with E-state index in [-0.39, 0.29) is 0 Å². The first-order valence-corrected chi connectivity index (χ1v) is 16.2. The van der Waals surface area contributed by atoms with Gasteiger partial charge >= 0.3 is 0 Å². The molecular weight excluding hydrogens is 556 g/mol. The molecule has 46 heavy (non-hydrogen) atoms. The second-order valence-corrected chi connectivity index (χ2v) is 12.4. The summed E-state index contributed by atoms with van der Waals surface area (Å²) in [5.74, 6) is 0. The second-order valence-electron chi connectivity index (χ2n) is 12.4. The largest absolute Gasteiger partial charge is 0.310 e. The smallest absolute Gasteiger partial charge is 0.0546 e. The van der Waals surface area contributed by atoms with Crippen molar-refractivity contribution in [3.63, 3.8) is 0 Å². The highest BCUT2D eigenvalue weighted by Gasteiger charge is 2.17. The van der Waals surface area contributed by atoms with Gasteiger partial charge in [-0.3, -0.25) is 0 Å². The zero-order valence-electron chi connectivity index (χ0n) is 25.3. The van der Waals surface area contributed by atoms with E-state index in [1.54, 1.807) is 0 Å². The molecule has 0 saturated carbocycles. The molecule has 1 aliphatic rings. The Kier molecular flexibility index (Phi) is 5.44. The Labute approximate surface area is 266 Å². The van der Waals surface area contributed by atoms with Crippen LogP contribution in [0.4, 0.5) is 0 Å². The standard InChI is InChI=1S/C44H30N2/c1-2-13-32(14-3-1)45-40-20-10-8-18-36(40)38-26-29(22-24-42(38)45)30-23-25-43-39(27-30)37-19-9-11-21-41(37)46(43)44-28-31-12-4-5-15-33(31)34-16-6-7-17-35(34)44/h1-7,9,11-28H,8,10H2. The summed E-state index contributed by atoms with van der Waals surface area (Å²) in [5.41, 5.74) is 8.62. The number of aromatic nitrogens is 2. The van der Waals surface area contributed by atoms with Crippen molar-refractivity contribution in [1.29, 1.82) is 0 Å². The average Bonchev–Trinajstić information content (AvgIpc) is 3.64. The predicted molar refractivity (Wildman–Crippen MR) is 195 cm³/mol.